The van der Waals surface area contributed by atoms with E-state index < -0.39 is 10.0 Å². The standard InChI is InChI=1S/C23H31N3O6S/c1-15-22(16(2)32-24-15)33(28,29)25-12-9-17(10-13-25)23(27)26-11-5-6-20(26)19-8-7-18(30-3)14-21(19)31-4/h7-8,14,17,20H,5-6,9-13H2,1-4H3/t20-/m0/s1. The van der Waals surface area contributed by atoms with Gasteiger partial charge in [0.2, 0.25) is 15.9 Å². The molecule has 4 rings (SSSR count). The molecule has 180 valence electrons. The SMILES string of the molecule is COc1ccc([C@@H]2CCCN2C(=O)C2CCN(S(=O)(=O)c3c(C)noc3C)CC2)c(OC)c1. The van der Waals surface area contributed by atoms with Crippen LogP contribution in [0.5, 0.6) is 11.5 Å². The molecule has 0 bridgehead atoms. The second-order valence-electron chi connectivity index (χ2n) is 8.63. The van der Waals surface area contributed by atoms with Crippen LogP contribution in [0, 0.1) is 19.8 Å². The number of benzene rings is 1. The molecule has 2 fully saturated rings. The molecule has 0 N–H and O–H groups in total. The third kappa shape index (κ3) is 4.33. The minimum atomic E-state index is -3.69. The Bertz CT molecular complexity index is 1100. The van der Waals surface area contributed by atoms with Gasteiger partial charge in [-0.15, -0.1) is 0 Å². The van der Waals surface area contributed by atoms with Gasteiger partial charge in [0.1, 0.15) is 22.1 Å². The van der Waals surface area contributed by atoms with Crippen LogP contribution in [-0.2, 0) is 14.8 Å². The van der Waals surface area contributed by atoms with E-state index in [1.54, 1.807) is 28.1 Å². The van der Waals surface area contributed by atoms with Crippen LogP contribution < -0.4 is 9.47 Å². The maximum Gasteiger partial charge on any atom is 0.248 e. The van der Waals surface area contributed by atoms with Crippen LogP contribution >= 0.6 is 0 Å². The van der Waals surface area contributed by atoms with E-state index in [2.05, 4.69) is 5.16 Å². The molecule has 3 heterocycles. The number of sulfonamides is 1. The number of likely N-dealkylation sites (tertiary alicyclic amines) is 1. The summed E-state index contributed by atoms with van der Waals surface area (Å²) in [6.07, 6.45) is 2.77. The molecule has 0 spiro atoms. The topological polar surface area (TPSA) is 102 Å². The molecule has 1 aromatic heterocycles. The number of carbonyl (C=O) groups is 1. The van der Waals surface area contributed by atoms with Crippen molar-refractivity contribution in [1.29, 1.82) is 0 Å². The Labute approximate surface area is 194 Å². The lowest BCUT2D eigenvalue weighted by Gasteiger charge is -2.34. The van der Waals surface area contributed by atoms with Crippen LogP contribution in [0.1, 0.15) is 48.7 Å². The monoisotopic (exact) mass is 477 g/mol. The highest BCUT2D eigenvalue weighted by molar-refractivity contribution is 7.89. The number of carbonyl (C=O) groups excluding carboxylic acids is 1. The molecular formula is C23H31N3O6S. The number of ether oxygens (including phenoxy) is 2. The first-order valence-electron chi connectivity index (χ1n) is 11.2. The molecule has 9 nitrogen and oxygen atoms in total. The molecule has 1 atom stereocenters. The molecule has 0 radical (unpaired) electrons. The van der Waals surface area contributed by atoms with E-state index >= 15 is 0 Å². The number of methoxy groups -OCH3 is 2. The summed E-state index contributed by atoms with van der Waals surface area (Å²) in [6.45, 7) is 4.52. The molecule has 33 heavy (non-hydrogen) atoms. The van der Waals surface area contributed by atoms with Gasteiger partial charge >= 0.3 is 0 Å². The third-order valence-electron chi connectivity index (χ3n) is 6.70. The van der Waals surface area contributed by atoms with E-state index in [0.29, 0.717) is 55.4 Å². The lowest BCUT2D eigenvalue weighted by Crippen LogP contribution is -2.44. The Morgan fingerprint density at radius 2 is 1.82 bits per heavy atom. The van der Waals surface area contributed by atoms with Crippen molar-refractivity contribution in [3.05, 3.63) is 35.2 Å². The van der Waals surface area contributed by atoms with Gasteiger partial charge in [-0.05, 0) is 51.7 Å². The summed E-state index contributed by atoms with van der Waals surface area (Å²) in [6, 6.07) is 5.64. The molecule has 0 unspecified atom stereocenters. The zero-order chi connectivity index (χ0) is 23.8. The van der Waals surface area contributed by atoms with Crippen LogP contribution in [-0.4, -0.2) is 62.5 Å². The van der Waals surface area contributed by atoms with Crippen molar-refractivity contribution in [2.45, 2.75) is 50.5 Å². The molecule has 0 saturated carbocycles. The molecule has 1 aromatic carbocycles. The van der Waals surface area contributed by atoms with Crippen molar-refractivity contribution in [1.82, 2.24) is 14.4 Å². The number of aromatic nitrogens is 1. The Morgan fingerprint density at radius 3 is 2.42 bits per heavy atom. The lowest BCUT2D eigenvalue weighted by molar-refractivity contribution is -0.137. The fraction of sp³-hybridized carbons (Fsp3) is 0.565. The minimum Gasteiger partial charge on any atom is -0.497 e. The van der Waals surface area contributed by atoms with E-state index in [1.807, 2.05) is 23.1 Å². The largest absolute Gasteiger partial charge is 0.497 e. The summed E-state index contributed by atoms with van der Waals surface area (Å²) >= 11 is 0. The summed E-state index contributed by atoms with van der Waals surface area (Å²) in [7, 11) is -0.465. The van der Waals surface area contributed by atoms with Gasteiger partial charge in [0, 0.05) is 37.2 Å². The molecule has 10 heteroatoms. The number of hydrogen-bond acceptors (Lipinski definition) is 7. The van der Waals surface area contributed by atoms with E-state index in [0.717, 1.165) is 18.4 Å². The Morgan fingerprint density at radius 1 is 1.09 bits per heavy atom. The van der Waals surface area contributed by atoms with Crippen molar-refractivity contribution < 1.29 is 27.2 Å². The molecule has 1 amide bonds. The van der Waals surface area contributed by atoms with E-state index in [4.69, 9.17) is 14.0 Å². The van der Waals surface area contributed by atoms with Crippen molar-refractivity contribution >= 4 is 15.9 Å². The van der Waals surface area contributed by atoms with E-state index in [-0.39, 0.29) is 22.8 Å². The maximum atomic E-state index is 13.5. The van der Waals surface area contributed by atoms with Crippen molar-refractivity contribution in [3.8, 4) is 11.5 Å². The average Bonchev–Trinajstić information content (AvgIpc) is 3.44. The lowest BCUT2D eigenvalue weighted by atomic mass is 9.95. The maximum absolute atomic E-state index is 13.5. The number of nitrogens with zero attached hydrogens (tertiary/aromatic N) is 3. The molecule has 2 saturated heterocycles. The molecule has 2 aliphatic heterocycles. The van der Waals surface area contributed by atoms with Crippen LogP contribution in [0.3, 0.4) is 0 Å². The highest BCUT2D eigenvalue weighted by atomic mass is 32.2. The van der Waals surface area contributed by atoms with Gasteiger partial charge < -0.3 is 18.9 Å². The summed E-state index contributed by atoms with van der Waals surface area (Å²) in [5.74, 6) is 1.59. The molecular weight excluding hydrogens is 446 g/mol. The second-order valence-corrected chi connectivity index (χ2v) is 10.5. The smallest absolute Gasteiger partial charge is 0.248 e. The highest BCUT2D eigenvalue weighted by Gasteiger charge is 2.39. The van der Waals surface area contributed by atoms with Crippen LogP contribution in [0.15, 0.2) is 27.6 Å². The van der Waals surface area contributed by atoms with Gasteiger partial charge in [-0.2, -0.15) is 4.31 Å². The Balaban J connectivity index is 1.47. The van der Waals surface area contributed by atoms with Crippen molar-refractivity contribution in [2.75, 3.05) is 33.9 Å². The van der Waals surface area contributed by atoms with Crippen LogP contribution in [0.4, 0.5) is 0 Å². The second kappa shape index (κ2) is 9.34. The third-order valence-corrected chi connectivity index (χ3v) is 8.85. The first kappa shape index (κ1) is 23.6. The Hall–Kier alpha value is -2.59. The summed E-state index contributed by atoms with van der Waals surface area (Å²) < 4.78 is 43.5. The van der Waals surface area contributed by atoms with Gasteiger partial charge in [-0.25, -0.2) is 8.42 Å². The van der Waals surface area contributed by atoms with Crippen molar-refractivity contribution in [2.24, 2.45) is 5.92 Å². The number of aryl methyl sites for hydroxylation is 2. The quantitative estimate of drug-likeness (QED) is 0.630. The Kier molecular flexibility index (Phi) is 6.67. The van der Waals surface area contributed by atoms with Crippen molar-refractivity contribution in [3.63, 3.8) is 0 Å². The fourth-order valence-corrected chi connectivity index (χ4v) is 6.76. The average molecular weight is 478 g/mol. The van der Waals surface area contributed by atoms with Gasteiger partial charge in [-0.3, -0.25) is 4.79 Å². The highest BCUT2D eigenvalue weighted by Crippen LogP contribution is 2.40. The zero-order valence-corrected chi connectivity index (χ0v) is 20.4. The van der Waals surface area contributed by atoms with E-state index in [1.165, 1.54) is 4.31 Å². The molecule has 2 aromatic rings. The fourth-order valence-electron chi connectivity index (χ4n) is 5.00. The summed E-state index contributed by atoms with van der Waals surface area (Å²) in [5.41, 5.74) is 1.33. The number of hydrogen-bond donors (Lipinski definition) is 0. The van der Waals surface area contributed by atoms with Gasteiger partial charge in [0.25, 0.3) is 0 Å². The molecule has 2 aliphatic rings. The predicted molar refractivity (Wildman–Crippen MR) is 121 cm³/mol. The number of piperidine rings is 1. The van der Waals surface area contributed by atoms with E-state index in [9.17, 15) is 13.2 Å². The first-order valence-corrected chi connectivity index (χ1v) is 12.7. The summed E-state index contributed by atoms with van der Waals surface area (Å²) in [4.78, 5) is 15.5. The number of rotatable bonds is 6. The first-order chi connectivity index (χ1) is 15.8. The van der Waals surface area contributed by atoms with Gasteiger partial charge in [-0.1, -0.05) is 5.16 Å². The minimum absolute atomic E-state index is 0.0533. The summed E-state index contributed by atoms with van der Waals surface area (Å²) in [5, 5.41) is 3.78. The van der Waals surface area contributed by atoms with Gasteiger partial charge in [0.15, 0.2) is 5.76 Å². The number of amides is 1. The van der Waals surface area contributed by atoms with Crippen LogP contribution in [0.2, 0.25) is 0 Å². The predicted octanol–water partition coefficient (Wildman–Crippen LogP) is 3.07. The van der Waals surface area contributed by atoms with Gasteiger partial charge in [0.05, 0.1) is 20.3 Å². The van der Waals surface area contributed by atoms with Crippen LogP contribution in [0.25, 0.3) is 0 Å². The zero-order valence-electron chi connectivity index (χ0n) is 19.5. The normalized spacial score (nSPS) is 20.2. The molecule has 0 aliphatic carbocycles.